The van der Waals surface area contributed by atoms with Gasteiger partial charge in [-0.2, -0.15) is 5.10 Å². The predicted octanol–water partition coefficient (Wildman–Crippen LogP) is 4.45. The van der Waals surface area contributed by atoms with Crippen LogP contribution in [0, 0.1) is 0 Å². The Bertz CT molecular complexity index is 1070. The van der Waals surface area contributed by atoms with Gasteiger partial charge in [-0.25, -0.2) is 5.43 Å². The normalized spacial score (nSPS) is 10.6. The lowest BCUT2D eigenvalue weighted by Gasteiger charge is -2.07. The molecule has 3 aromatic rings. The van der Waals surface area contributed by atoms with E-state index in [1.807, 2.05) is 48.5 Å². The zero-order chi connectivity index (χ0) is 22.1. The minimum atomic E-state index is -0.459. The number of halogens is 2. The van der Waals surface area contributed by atoms with Gasteiger partial charge in [-0.1, -0.05) is 47.5 Å². The molecule has 158 valence electrons. The highest BCUT2D eigenvalue weighted by molar-refractivity contribution is 6.33. The third-order valence-electron chi connectivity index (χ3n) is 4.13. The molecule has 0 heterocycles. The zero-order valence-electron chi connectivity index (χ0n) is 16.3. The van der Waals surface area contributed by atoms with Gasteiger partial charge in [0.1, 0.15) is 12.4 Å². The van der Waals surface area contributed by atoms with Crippen molar-refractivity contribution in [2.75, 3.05) is 6.54 Å². The number of ether oxygens (including phenoxy) is 1. The SMILES string of the molecule is O=C(CNC(=O)c1ccccc1Cl)NN=Cc1ccc(OCc2ccc(Cl)cc2)cc1. The lowest BCUT2D eigenvalue weighted by atomic mass is 10.2. The van der Waals surface area contributed by atoms with E-state index in [9.17, 15) is 9.59 Å². The molecule has 3 aromatic carbocycles. The molecular weight excluding hydrogens is 437 g/mol. The van der Waals surface area contributed by atoms with Gasteiger partial charge in [0.05, 0.1) is 23.3 Å². The first-order valence-electron chi connectivity index (χ1n) is 9.33. The lowest BCUT2D eigenvalue weighted by Crippen LogP contribution is -2.35. The van der Waals surface area contributed by atoms with Crippen molar-refractivity contribution in [2.45, 2.75) is 6.61 Å². The van der Waals surface area contributed by atoms with Gasteiger partial charge in [0.15, 0.2) is 0 Å². The quantitative estimate of drug-likeness (QED) is 0.388. The summed E-state index contributed by atoms with van der Waals surface area (Å²) in [5, 5.41) is 7.38. The van der Waals surface area contributed by atoms with E-state index < -0.39 is 11.8 Å². The summed E-state index contributed by atoms with van der Waals surface area (Å²) < 4.78 is 5.72. The number of carbonyl (C=O) groups is 2. The van der Waals surface area contributed by atoms with E-state index in [0.29, 0.717) is 28.0 Å². The molecular formula is C23H19Cl2N3O3. The molecule has 0 aliphatic heterocycles. The Kier molecular flexibility index (Phi) is 8.04. The first-order valence-corrected chi connectivity index (χ1v) is 10.1. The van der Waals surface area contributed by atoms with Crippen LogP contribution in [-0.2, 0) is 11.4 Å². The highest BCUT2D eigenvalue weighted by Gasteiger charge is 2.10. The van der Waals surface area contributed by atoms with Gasteiger partial charge in [0.2, 0.25) is 0 Å². The second-order valence-electron chi connectivity index (χ2n) is 6.44. The van der Waals surface area contributed by atoms with Crippen LogP contribution in [0.15, 0.2) is 77.9 Å². The van der Waals surface area contributed by atoms with Crippen LogP contribution in [0.5, 0.6) is 5.75 Å². The third kappa shape index (κ3) is 7.13. The summed E-state index contributed by atoms with van der Waals surface area (Å²) in [6.45, 7) is 0.208. The number of hydrogen-bond donors (Lipinski definition) is 2. The Balaban J connectivity index is 1.41. The van der Waals surface area contributed by atoms with Gasteiger partial charge in [-0.3, -0.25) is 9.59 Å². The van der Waals surface area contributed by atoms with Crippen molar-refractivity contribution in [2.24, 2.45) is 5.10 Å². The van der Waals surface area contributed by atoms with Gasteiger partial charge in [0.25, 0.3) is 11.8 Å². The number of carbonyl (C=O) groups excluding carboxylic acids is 2. The molecule has 0 fully saturated rings. The molecule has 0 saturated heterocycles. The predicted molar refractivity (Wildman–Crippen MR) is 122 cm³/mol. The molecule has 0 spiro atoms. The van der Waals surface area contributed by atoms with E-state index in [0.717, 1.165) is 11.1 Å². The fourth-order valence-corrected chi connectivity index (χ4v) is 2.86. The summed E-state index contributed by atoms with van der Waals surface area (Å²) in [5.41, 5.74) is 4.45. The van der Waals surface area contributed by atoms with Gasteiger partial charge >= 0.3 is 0 Å². The smallest absolute Gasteiger partial charge is 0.259 e. The summed E-state index contributed by atoms with van der Waals surface area (Å²) in [6, 6.07) is 21.3. The molecule has 6 nitrogen and oxygen atoms in total. The molecule has 0 unspecified atom stereocenters. The number of hydrogen-bond acceptors (Lipinski definition) is 4. The van der Waals surface area contributed by atoms with Gasteiger partial charge in [-0.05, 0) is 59.7 Å². The van der Waals surface area contributed by atoms with Gasteiger partial charge < -0.3 is 10.1 Å². The minimum absolute atomic E-state index is 0.223. The molecule has 0 saturated carbocycles. The molecule has 31 heavy (non-hydrogen) atoms. The van der Waals surface area contributed by atoms with E-state index >= 15 is 0 Å². The first kappa shape index (κ1) is 22.3. The number of benzene rings is 3. The molecule has 0 radical (unpaired) electrons. The van der Waals surface area contributed by atoms with E-state index in [1.54, 1.807) is 24.3 Å². The number of hydrazone groups is 1. The van der Waals surface area contributed by atoms with E-state index in [2.05, 4.69) is 15.8 Å². The molecule has 2 amide bonds. The molecule has 0 aromatic heterocycles. The van der Waals surface area contributed by atoms with Crippen molar-refractivity contribution >= 4 is 41.2 Å². The fraction of sp³-hybridized carbons (Fsp3) is 0.0870. The van der Waals surface area contributed by atoms with Crippen LogP contribution in [0.2, 0.25) is 10.0 Å². The summed E-state index contributed by atoms with van der Waals surface area (Å²) >= 11 is 11.8. The Morgan fingerprint density at radius 3 is 2.35 bits per heavy atom. The topological polar surface area (TPSA) is 79.8 Å². The molecule has 0 bridgehead atoms. The van der Waals surface area contributed by atoms with Crippen LogP contribution in [-0.4, -0.2) is 24.6 Å². The number of nitrogens with one attached hydrogen (secondary N) is 2. The van der Waals surface area contributed by atoms with E-state index in [-0.39, 0.29) is 6.54 Å². The number of amides is 2. The van der Waals surface area contributed by atoms with Crippen molar-refractivity contribution in [1.82, 2.24) is 10.7 Å². The highest BCUT2D eigenvalue weighted by Crippen LogP contribution is 2.16. The Morgan fingerprint density at radius 1 is 0.935 bits per heavy atom. The maximum atomic E-state index is 12.0. The summed E-state index contributed by atoms with van der Waals surface area (Å²) in [5.74, 6) is -0.183. The first-order chi connectivity index (χ1) is 15.0. The second-order valence-corrected chi connectivity index (χ2v) is 7.28. The largest absolute Gasteiger partial charge is 0.489 e. The third-order valence-corrected chi connectivity index (χ3v) is 4.71. The van der Waals surface area contributed by atoms with Crippen molar-refractivity contribution in [3.63, 3.8) is 0 Å². The number of rotatable bonds is 8. The molecule has 8 heteroatoms. The van der Waals surface area contributed by atoms with Crippen LogP contribution < -0.4 is 15.5 Å². The lowest BCUT2D eigenvalue weighted by molar-refractivity contribution is -0.120. The molecule has 0 atom stereocenters. The van der Waals surface area contributed by atoms with Crippen LogP contribution in [0.1, 0.15) is 21.5 Å². The van der Waals surface area contributed by atoms with Crippen molar-refractivity contribution in [1.29, 1.82) is 0 Å². The summed E-state index contributed by atoms with van der Waals surface area (Å²) in [4.78, 5) is 23.9. The zero-order valence-corrected chi connectivity index (χ0v) is 17.9. The van der Waals surface area contributed by atoms with Crippen molar-refractivity contribution in [3.8, 4) is 5.75 Å². The van der Waals surface area contributed by atoms with Crippen LogP contribution in [0.3, 0.4) is 0 Å². The second kappa shape index (κ2) is 11.2. The summed E-state index contributed by atoms with van der Waals surface area (Å²) in [6.07, 6.45) is 1.50. The van der Waals surface area contributed by atoms with Crippen LogP contribution in [0.25, 0.3) is 0 Å². The maximum Gasteiger partial charge on any atom is 0.259 e. The van der Waals surface area contributed by atoms with Crippen molar-refractivity contribution in [3.05, 3.63) is 99.5 Å². The Morgan fingerprint density at radius 2 is 1.65 bits per heavy atom. The highest BCUT2D eigenvalue weighted by atomic mass is 35.5. The number of nitrogens with zero attached hydrogens (tertiary/aromatic N) is 1. The molecule has 2 N–H and O–H groups in total. The Labute approximate surface area is 189 Å². The monoisotopic (exact) mass is 455 g/mol. The Hall–Kier alpha value is -3.35. The van der Waals surface area contributed by atoms with Gasteiger partial charge in [0, 0.05) is 5.02 Å². The van der Waals surface area contributed by atoms with Crippen LogP contribution >= 0.6 is 23.2 Å². The van der Waals surface area contributed by atoms with E-state index in [4.69, 9.17) is 27.9 Å². The molecule has 0 aliphatic carbocycles. The summed E-state index contributed by atoms with van der Waals surface area (Å²) in [7, 11) is 0. The van der Waals surface area contributed by atoms with E-state index in [1.165, 1.54) is 6.21 Å². The maximum absolute atomic E-state index is 12.0. The molecule has 0 aliphatic rings. The minimum Gasteiger partial charge on any atom is -0.489 e. The standard InChI is InChI=1S/C23H19Cl2N3O3/c24-18-9-5-17(6-10-18)15-31-19-11-7-16(8-12-19)13-27-28-22(29)14-26-23(30)20-3-1-2-4-21(20)25/h1-13H,14-15H2,(H,26,30)(H,28,29). The average Bonchev–Trinajstić information content (AvgIpc) is 2.78. The van der Waals surface area contributed by atoms with Crippen LogP contribution in [0.4, 0.5) is 0 Å². The molecule has 3 rings (SSSR count). The van der Waals surface area contributed by atoms with Gasteiger partial charge in [-0.15, -0.1) is 0 Å². The fourth-order valence-electron chi connectivity index (χ4n) is 2.52. The average molecular weight is 456 g/mol. The van der Waals surface area contributed by atoms with Crippen molar-refractivity contribution < 1.29 is 14.3 Å².